The second kappa shape index (κ2) is 6.51. The van der Waals surface area contributed by atoms with E-state index in [0.717, 1.165) is 16.8 Å². The number of ether oxygens (including phenoxy) is 1. The molecule has 0 aliphatic carbocycles. The highest BCUT2D eigenvalue weighted by molar-refractivity contribution is 5.92. The Kier molecular flexibility index (Phi) is 4.38. The van der Waals surface area contributed by atoms with Gasteiger partial charge in [-0.2, -0.15) is 0 Å². The molecule has 0 saturated carbocycles. The Labute approximate surface area is 149 Å². The third-order valence-electron chi connectivity index (χ3n) is 4.47. The number of fused-ring (bicyclic) bond motifs is 1. The molecule has 26 heavy (non-hydrogen) atoms. The Morgan fingerprint density at radius 2 is 1.85 bits per heavy atom. The first kappa shape index (κ1) is 17.5. The summed E-state index contributed by atoms with van der Waals surface area (Å²) in [7, 11) is 0. The van der Waals surface area contributed by atoms with E-state index in [0.29, 0.717) is 22.2 Å². The van der Waals surface area contributed by atoms with Crippen LogP contribution < -0.4 is 4.74 Å². The average molecular weight is 354 g/mol. The smallest absolute Gasteiger partial charge is 0.320 e. The van der Waals surface area contributed by atoms with Gasteiger partial charge in [0.15, 0.2) is 0 Å². The molecule has 1 heterocycles. The van der Waals surface area contributed by atoms with Gasteiger partial charge in [-0.25, -0.2) is 0 Å². The van der Waals surface area contributed by atoms with E-state index < -0.39 is 10.9 Å². The van der Waals surface area contributed by atoms with Crippen molar-refractivity contribution in [3.05, 3.63) is 62.8 Å². The number of carbonyl (C=O) groups is 1. The Balaban J connectivity index is 2.06. The van der Waals surface area contributed by atoms with Crippen LogP contribution in [0.4, 0.5) is 5.69 Å². The largest absolute Gasteiger partial charge is 0.481 e. The van der Waals surface area contributed by atoms with Gasteiger partial charge in [-0.15, -0.1) is 0 Å². The molecule has 0 atom stereocenters. The molecule has 0 saturated heterocycles. The number of aryl methyl sites for hydroxylation is 1. The van der Waals surface area contributed by atoms with Gasteiger partial charge in [-0.05, 0) is 61.7 Å². The van der Waals surface area contributed by atoms with Gasteiger partial charge in [-0.1, -0.05) is 6.07 Å². The summed E-state index contributed by atoms with van der Waals surface area (Å²) in [5.41, 5.74) is 3.64. The zero-order valence-corrected chi connectivity index (χ0v) is 14.6. The molecule has 0 aliphatic rings. The summed E-state index contributed by atoms with van der Waals surface area (Å²) in [6.07, 6.45) is -0.0817. The topological polar surface area (TPSA) is 105 Å². The van der Waals surface area contributed by atoms with Crippen LogP contribution in [0.2, 0.25) is 0 Å². The van der Waals surface area contributed by atoms with Crippen LogP contribution >= 0.6 is 0 Å². The molecule has 0 unspecified atom stereocenters. The van der Waals surface area contributed by atoms with E-state index in [9.17, 15) is 14.9 Å². The van der Waals surface area contributed by atoms with Crippen LogP contribution in [-0.4, -0.2) is 21.0 Å². The third kappa shape index (κ3) is 3.11. The van der Waals surface area contributed by atoms with E-state index in [2.05, 4.69) is 4.98 Å². The van der Waals surface area contributed by atoms with E-state index in [4.69, 9.17) is 9.84 Å². The number of aromatic nitrogens is 1. The summed E-state index contributed by atoms with van der Waals surface area (Å²) in [6, 6.07) is 8.35. The maximum atomic E-state index is 11.6. The normalized spacial score (nSPS) is 10.9. The number of hydrogen-bond acceptors (Lipinski definition) is 4. The standard InChI is InChI=1S/C19H18N2O5/c1-10-8-14-15(20-10)5-7-17(19(14)21(24)25)26-16-6-4-13(9-18(22)23)11(2)12(16)3/h4-8,20H,9H2,1-3H3,(H,22,23). The highest BCUT2D eigenvalue weighted by Gasteiger charge is 2.22. The minimum absolute atomic E-state index is 0.0817. The van der Waals surface area contributed by atoms with Gasteiger partial charge in [0.2, 0.25) is 5.75 Å². The number of aromatic amines is 1. The molecule has 134 valence electrons. The predicted molar refractivity (Wildman–Crippen MR) is 97.0 cm³/mol. The van der Waals surface area contributed by atoms with E-state index in [1.807, 2.05) is 13.8 Å². The number of nitrogens with one attached hydrogen (secondary N) is 1. The van der Waals surface area contributed by atoms with Crippen LogP contribution in [0.25, 0.3) is 10.9 Å². The van der Waals surface area contributed by atoms with Crippen molar-refractivity contribution in [1.29, 1.82) is 0 Å². The first-order chi connectivity index (χ1) is 12.3. The third-order valence-corrected chi connectivity index (χ3v) is 4.47. The van der Waals surface area contributed by atoms with Crippen molar-refractivity contribution in [3.63, 3.8) is 0 Å². The second-order valence-corrected chi connectivity index (χ2v) is 6.23. The minimum Gasteiger partial charge on any atom is -0.481 e. The number of carboxylic acid groups (broad SMARTS) is 1. The summed E-state index contributed by atoms with van der Waals surface area (Å²) < 4.78 is 5.86. The van der Waals surface area contributed by atoms with Crippen molar-refractivity contribution in [2.45, 2.75) is 27.2 Å². The molecule has 7 heteroatoms. The Morgan fingerprint density at radius 1 is 1.15 bits per heavy atom. The molecule has 7 nitrogen and oxygen atoms in total. The number of aliphatic carboxylic acids is 1. The van der Waals surface area contributed by atoms with Gasteiger partial charge in [0.25, 0.3) is 0 Å². The number of hydrogen-bond donors (Lipinski definition) is 2. The number of rotatable bonds is 5. The molecule has 0 amide bonds. The fraction of sp³-hybridized carbons (Fsp3) is 0.211. The maximum Gasteiger partial charge on any atom is 0.320 e. The van der Waals surface area contributed by atoms with Crippen LogP contribution in [0.15, 0.2) is 30.3 Å². The van der Waals surface area contributed by atoms with E-state index in [-0.39, 0.29) is 17.9 Å². The van der Waals surface area contributed by atoms with Gasteiger partial charge in [-0.3, -0.25) is 14.9 Å². The molecule has 0 spiro atoms. The lowest BCUT2D eigenvalue weighted by atomic mass is 10.00. The number of H-pyrrole nitrogens is 1. The van der Waals surface area contributed by atoms with Gasteiger partial charge in [0, 0.05) is 5.69 Å². The lowest BCUT2D eigenvalue weighted by molar-refractivity contribution is -0.383. The molecule has 1 aromatic heterocycles. The Morgan fingerprint density at radius 3 is 2.50 bits per heavy atom. The number of nitro groups is 1. The first-order valence-corrected chi connectivity index (χ1v) is 8.03. The van der Waals surface area contributed by atoms with E-state index in [1.165, 1.54) is 0 Å². The molecular weight excluding hydrogens is 336 g/mol. The molecule has 2 aromatic carbocycles. The fourth-order valence-corrected chi connectivity index (χ4v) is 3.01. The molecule has 0 aliphatic heterocycles. The van der Waals surface area contributed by atoms with Crippen LogP contribution in [0.1, 0.15) is 22.4 Å². The van der Waals surface area contributed by atoms with E-state index >= 15 is 0 Å². The summed E-state index contributed by atoms with van der Waals surface area (Å²) in [6.45, 7) is 5.45. The Bertz CT molecular complexity index is 1040. The summed E-state index contributed by atoms with van der Waals surface area (Å²) >= 11 is 0. The number of benzene rings is 2. The molecular formula is C19H18N2O5. The lowest BCUT2D eigenvalue weighted by Gasteiger charge is -2.14. The second-order valence-electron chi connectivity index (χ2n) is 6.23. The maximum absolute atomic E-state index is 11.6. The number of carboxylic acids is 1. The summed E-state index contributed by atoms with van der Waals surface area (Å²) in [5, 5.41) is 21.1. The zero-order valence-electron chi connectivity index (χ0n) is 14.6. The van der Waals surface area contributed by atoms with Crippen LogP contribution in [0, 0.1) is 30.9 Å². The van der Waals surface area contributed by atoms with Crippen molar-refractivity contribution < 1.29 is 19.6 Å². The molecule has 0 fully saturated rings. The van der Waals surface area contributed by atoms with Crippen molar-refractivity contribution in [3.8, 4) is 11.5 Å². The van der Waals surface area contributed by atoms with Crippen LogP contribution in [-0.2, 0) is 11.2 Å². The quantitative estimate of drug-likeness (QED) is 0.521. The SMILES string of the molecule is Cc1cc2c([N+](=O)[O-])c(Oc3ccc(CC(=O)O)c(C)c3C)ccc2[nH]1. The van der Waals surface area contributed by atoms with Gasteiger partial charge in [0.1, 0.15) is 5.75 Å². The van der Waals surface area contributed by atoms with Gasteiger partial charge >= 0.3 is 11.7 Å². The molecule has 3 aromatic rings. The predicted octanol–water partition coefficient (Wildman–Crippen LogP) is 4.42. The lowest BCUT2D eigenvalue weighted by Crippen LogP contribution is -2.04. The first-order valence-electron chi connectivity index (χ1n) is 8.03. The van der Waals surface area contributed by atoms with Crippen molar-refractivity contribution in [2.24, 2.45) is 0 Å². The van der Waals surface area contributed by atoms with Crippen molar-refractivity contribution >= 4 is 22.6 Å². The van der Waals surface area contributed by atoms with Crippen molar-refractivity contribution in [1.82, 2.24) is 4.98 Å². The highest BCUT2D eigenvalue weighted by atomic mass is 16.6. The molecule has 0 bridgehead atoms. The summed E-state index contributed by atoms with van der Waals surface area (Å²) in [4.78, 5) is 25.2. The molecule has 0 radical (unpaired) electrons. The van der Waals surface area contributed by atoms with Gasteiger partial charge in [0.05, 0.1) is 22.2 Å². The van der Waals surface area contributed by atoms with Crippen LogP contribution in [0.5, 0.6) is 11.5 Å². The molecule has 2 N–H and O–H groups in total. The van der Waals surface area contributed by atoms with Gasteiger partial charge < -0.3 is 14.8 Å². The van der Waals surface area contributed by atoms with E-state index in [1.54, 1.807) is 37.3 Å². The number of nitro benzene ring substituents is 1. The monoisotopic (exact) mass is 354 g/mol. The Hall–Kier alpha value is -3.35. The average Bonchev–Trinajstić information content (AvgIpc) is 2.93. The zero-order chi connectivity index (χ0) is 19.0. The minimum atomic E-state index is -0.912. The molecule has 3 rings (SSSR count). The highest BCUT2D eigenvalue weighted by Crippen LogP contribution is 2.39. The van der Waals surface area contributed by atoms with Crippen LogP contribution in [0.3, 0.4) is 0 Å². The fourth-order valence-electron chi connectivity index (χ4n) is 3.01. The number of nitrogens with zero attached hydrogens (tertiary/aromatic N) is 1. The summed E-state index contributed by atoms with van der Waals surface area (Å²) in [5.74, 6) is -0.300. The van der Waals surface area contributed by atoms with Crippen molar-refractivity contribution in [2.75, 3.05) is 0 Å².